The summed E-state index contributed by atoms with van der Waals surface area (Å²) < 4.78 is 5.89. The summed E-state index contributed by atoms with van der Waals surface area (Å²) in [6.45, 7) is 0.706. The van der Waals surface area contributed by atoms with Crippen molar-refractivity contribution in [3.8, 4) is 0 Å². The lowest BCUT2D eigenvalue weighted by Gasteiger charge is -2.36. The first-order valence-corrected chi connectivity index (χ1v) is 7.87. The maximum Gasteiger partial charge on any atom is 0.246 e. The average molecular weight is 268 g/mol. The van der Waals surface area contributed by atoms with Crippen molar-refractivity contribution in [1.82, 2.24) is 5.32 Å². The van der Waals surface area contributed by atoms with Crippen LogP contribution in [0.2, 0.25) is 0 Å². The molecule has 2 fully saturated rings. The molecule has 3 N–H and O–H groups in total. The number of rotatable bonds is 5. The molecule has 110 valence electrons. The van der Waals surface area contributed by atoms with Crippen molar-refractivity contribution in [2.24, 2.45) is 5.73 Å². The summed E-state index contributed by atoms with van der Waals surface area (Å²) in [6, 6.07) is 0.366. The van der Waals surface area contributed by atoms with Crippen LogP contribution in [0, 0.1) is 0 Å². The Morgan fingerprint density at radius 3 is 2.37 bits per heavy atom. The first-order valence-electron chi connectivity index (χ1n) is 7.87. The van der Waals surface area contributed by atoms with Gasteiger partial charge in [-0.1, -0.05) is 38.5 Å². The van der Waals surface area contributed by atoms with Crippen LogP contribution in [0.4, 0.5) is 0 Å². The zero-order valence-electron chi connectivity index (χ0n) is 12.0. The number of hydrogen-bond donors (Lipinski definition) is 2. The summed E-state index contributed by atoms with van der Waals surface area (Å²) in [6.07, 6.45) is 11.6. The molecular formula is C15H28N2O2. The Morgan fingerprint density at radius 2 is 1.74 bits per heavy atom. The highest BCUT2D eigenvalue weighted by molar-refractivity contribution is 5.77. The molecular weight excluding hydrogens is 240 g/mol. The van der Waals surface area contributed by atoms with Crippen LogP contribution in [-0.4, -0.2) is 30.7 Å². The number of hydrogen-bond acceptors (Lipinski definition) is 3. The monoisotopic (exact) mass is 268 g/mol. The van der Waals surface area contributed by atoms with Crippen LogP contribution in [0.3, 0.4) is 0 Å². The lowest BCUT2D eigenvalue weighted by molar-refractivity contribution is -0.136. The highest BCUT2D eigenvalue weighted by Gasteiger charge is 2.32. The Morgan fingerprint density at radius 1 is 1.11 bits per heavy atom. The largest absolute Gasteiger partial charge is 0.364 e. The van der Waals surface area contributed by atoms with E-state index in [-0.39, 0.29) is 18.1 Å². The molecule has 1 amide bonds. The molecule has 0 aliphatic heterocycles. The quantitative estimate of drug-likeness (QED) is 0.802. The molecule has 2 aliphatic carbocycles. The summed E-state index contributed by atoms with van der Waals surface area (Å²) in [5.41, 5.74) is 5.62. The van der Waals surface area contributed by atoms with E-state index in [1.165, 1.54) is 38.5 Å². The van der Waals surface area contributed by atoms with E-state index < -0.39 is 0 Å². The molecule has 4 heteroatoms. The SMILES string of the molecule is NCC1(OCC(=O)NC2CCCCC2)CCCCC1. The van der Waals surface area contributed by atoms with Crippen LogP contribution in [0.1, 0.15) is 64.2 Å². The van der Waals surface area contributed by atoms with Crippen molar-refractivity contribution in [1.29, 1.82) is 0 Å². The molecule has 4 nitrogen and oxygen atoms in total. The van der Waals surface area contributed by atoms with Gasteiger partial charge in [0.1, 0.15) is 6.61 Å². The predicted molar refractivity (Wildman–Crippen MR) is 75.8 cm³/mol. The van der Waals surface area contributed by atoms with Gasteiger partial charge < -0.3 is 15.8 Å². The Hall–Kier alpha value is -0.610. The van der Waals surface area contributed by atoms with Crippen molar-refractivity contribution in [2.75, 3.05) is 13.2 Å². The van der Waals surface area contributed by atoms with E-state index in [0.717, 1.165) is 25.7 Å². The fourth-order valence-corrected chi connectivity index (χ4v) is 3.34. The number of amides is 1. The highest BCUT2D eigenvalue weighted by atomic mass is 16.5. The maximum atomic E-state index is 11.9. The van der Waals surface area contributed by atoms with Crippen molar-refractivity contribution >= 4 is 5.91 Å². The molecule has 0 spiro atoms. The second-order valence-corrected chi connectivity index (χ2v) is 6.14. The molecule has 0 heterocycles. The van der Waals surface area contributed by atoms with Gasteiger partial charge in [-0.3, -0.25) is 4.79 Å². The van der Waals surface area contributed by atoms with Gasteiger partial charge in [0.25, 0.3) is 0 Å². The Balaban J connectivity index is 1.72. The van der Waals surface area contributed by atoms with Crippen molar-refractivity contribution in [2.45, 2.75) is 75.9 Å². The van der Waals surface area contributed by atoms with Crippen molar-refractivity contribution in [3.63, 3.8) is 0 Å². The van der Waals surface area contributed by atoms with E-state index in [2.05, 4.69) is 5.32 Å². The third kappa shape index (κ3) is 4.46. The van der Waals surface area contributed by atoms with E-state index in [9.17, 15) is 4.79 Å². The van der Waals surface area contributed by atoms with Crippen LogP contribution < -0.4 is 11.1 Å². The molecule has 2 rings (SSSR count). The van der Waals surface area contributed by atoms with E-state index in [1.807, 2.05) is 0 Å². The number of nitrogens with two attached hydrogens (primary N) is 1. The Labute approximate surface area is 116 Å². The number of nitrogens with one attached hydrogen (secondary N) is 1. The highest BCUT2D eigenvalue weighted by Crippen LogP contribution is 2.30. The maximum absolute atomic E-state index is 11.9. The van der Waals surface area contributed by atoms with Crippen molar-refractivity contribution < 1.29 is 9.53 Å². The fourth-order valence-electron chi connectivity index (χ4n) is 3.34. The van der Waals surface area contributed by atoms with Crippen LogP contribution >= 0.6 is 0 Å². The standard InChI is InChI=1S/C15H28N2O2/c16-12-15(9-5-2-6-10-15)19-11-14(18)17-13-7-3-1-4-8-13/h13H,1-12,16H2,(H,17,18). The summed E-state index contributed by atoms with van der Waals surface area (Å²) in [7, 11) is 0. The molecule has 2 saturated carbocycles. The zero-order chi connectivity index (χ0) is 13.6. The van der Waals surface area contributed by atoms with Gasteiger partial charge >= 0.3 is 0 Å². The van der Waals surface area contributed by atoms with Crippen LogP contribution in [-0.2, 0) is 9.53 Å². The molecule has 0 aromatic heterocycles. The summed E-state index contributed by atoms with van der Waals surface area (Å²) in [5.74, 6) is 0.0327. The minimum Gasteiger partial charge on any atom is -0.364 e. The molecule has 0 saturated heterocycles. The third-order valence-electron chi connectivity index (χ3n) is 4.62. The molecule has 2 aliphatic rings. The molecule has 0 radical (unpaired) electrons. The Bertz CT molecular complexity index is 282. The van der Waals surface area contributed by atoms with Gasteiger partial charge in [0.15, 0.2) is 0 Å². The van der Waals surface area contributed by atoms with E-state index in [4.69, 9.17) is 10.5 Å². The van der Waals surface area contributed by atoms with Crippen LogP contribution in [0.15, 0.2) is 0 Å². The smallest absolute Gasteiger partial charge is 0.246 e. The summed E-state index contributed by atoms with van der Waals surface area (Å²) in [5, 5.41) is 3.09. The molecule has 0 bridgehead atoms. The normalized spacial score (nSPS) is 24.1. The zero-order valence-corrected chi connectivity index (χ0v) is 12.0. The average Bonchev–Trinajstić information content (AvgIpc) is 2.47. The fraction of sp³-hybridized carbons (Fsp3) is 0.933. The van der Waals surface area contributed by atoms with Crippen LogP contribution in [0.5, 0.6) is 0 Å². The van der Waals surface area contributed by atoms with E-state index in [0.29, 0.717) is 12.6 Å². The molecule has 19 heavy (non-hydrogen) atoms. The van der Waals surface area contributed by atoms with Gasteiger partial charge in [-0.15, -0.1) is 0 Å². The van der Waals surface area contributed by atoms with Gasteiger partial charge in [-0.25, -0.2) is 0 Å². The molecule has 0 aromatic rings. The summed E-state index contributed by atoms with van der Waals surface area (Å²) in [4.78, 5) is 11.9. The lowest BCUT2D eigenvalue weighted by Crippen LogP contribution is -2.46. The first kappa shape index (κ1) is 14.8. The molecule has 0 atom stereocenters. The molecule has 0 unspecified atom stereocenters. The second-order valence-electron chi connectivity index (χ2n) is 6.14. The third-order valence-corrected chi connectivity index (χ3v) is 4.62. The molecule has 0 aromatic carbocycles. The first-order chi connectivity index (χ1) is 9.24. The van der Waals surface area contributed by atoms with Gasteiger partial charge in [-0.2, -0.15) is 0 Å². The Kier molecular flexibility index (Phi) is 5.64. The predicted octanol–water partition coefficient (Wildman–Crippen LogP) is 2.11. The minimum absolute atomic E-state index is 0.0327. The van der Waals surface area contributed by atoms with E-state index >= 15 is 0 Å². The van der Waals surface area contributed by atoms with Gasteiger partial charge in [0.2, 0.25) is 5.91 Å². The van der Waals surface area contributed by atoms with Gasteiger partial charge in [0.05, 0.1) is 5.60 Å². The number of ether oxygens (including phenoxy) is 1. The van der Waals surface area contributed by atoms with Gasteiger partial charge in [0, 0.05) is 12.6 Å². The second kappa shape index (κ2) is 7.25. The number of carbonyl (C=O) groups excluding carboxylic acids is 1. The lowest BCUT2D eigenvalue weighted by atomic mass is 9.85. The number of carbonyl (C=O) groups is 1. The van der Waals surface area contributed by atoms with Gasteiger partial charge in [-0.05, 0) is 25.7 Å². The van der Waals surface area contributed by atoms with Crippen LogP contribution in [0.25, 0.3) is 0 Å². The topological polar surface area (TPSA) is 64.3 Å². The minimum atomic E-state index is -0.234. The summed E-state index contributed by atoms with van der Waals surface area (Å²) >= 11 is 0. The van der Waals surface area contributed by atoms with E-state index in [1.54, 1.807) is 0 Å². The van der Waals surface area contributed by atoms with Crippen molar-refractivity contribution in [3.05, 3.63) is 0 Å².